The summed E-state index contributed by atoms with van der Waals surface area (Å²) < 4.78 is 12.8. The van der Waals surface area contributed by atoms with Crippen molar-refractivity contribution < 1.29 is 33.8 Å². The number of hydrogen-bond acceptors (Lipinski definition) is 7. The monoisotopic (exact) mass is 687 g/mol. The third kappa shape index (κ3) is 6.90. The fourth-order valence-corrected chi connectivity index (χ4v) is 8.05. The molecule has 2 N–H and O–H groups in total. The fraction of sp³-hybridized carbons (Fsp3) is 0.588. The van der Waals surface area contributed by atoms with Gasteiger partial charge < -0.3 is 29.7 Å². The van der Waals surface area contributed by atoms with Gasteiger partial charge >= 0.3 is 5.97 Å². The lowest BCUT2D eigenvalue weighted by Gasteiger charge is -2.38. The van der Waals surface area contributed by atoms with Gasteiger partial charge in [0.05, 0.1) is 24.0 Å². The van der Waals surface area contributed by atoms with Crippen LogP contribution in [-0.4, -0.2) is 93.0 Å². The van der Waals surface area contributed by atoms with Crippen molar-refractivity contribution in [2.24, 2.45) is 11.8 Å². The molecule has 3 aliphatic heterocycles. The van der Waals surface area contributed by atoms with Crippen molar-refractivity contribution in [2.75, 3.05) is 19.7 Å². The van der Waals surface area contributed by atoms with Crippen LogP contribution < -0.4 is 5.32 Å². The van der Waals surface area contributed by atoms with E-state index in [4.69, 9.17) is 9.47 Å². The number of rotatable bonds is 16. The quantitative estimate of drug-likeness (QED) is 0.118. The van der Waals surface area contributed by atoms with Crippen LogP contribution in [0, 0.1) is 11.8 Å². The van der Waals surface area contributed by atoms with Gasteiger partial charge in [-0.1, -0.05) is 58.4 Å². The number of carbonyl (C=O) groups excluding carboxylic acids is 4. The number of allylic oxidation sites excluding steroid dienone is 1. The highest BCUT2D eigenvalue weighted by Crippen LogP contribution is 2.60. The second kappa shape index (κ2) is 15.0. The maximum Gasteiger partial charge on any atom is 0.313 e. The van der Waals surface area contributed by atoms with Crippen LogP contribution >= 0.6 is 15.9 Å². The van der Waals surface area contributed by atoms with Crippen molar-refractivity contribution >= 4 is 39.6 Å². The van der Waals surface area contributed by atoms with E-state index in [2.05, 4.69) is 34.4 Å². The summed E-state index contributed by atoms with van der Waals surface area (Å²) in [5.41, 5.74) is -0.526. The van der Waals surface area contributed by atoms with Crippen molar-refractivity contribution in [1.82, 2.24) is 15.1 Å². The number of carbonyl (C=O) groups is 4. The van der Waals surface area contributed by atoms with Gasteiger partial charge in [0, 0.05) is 37.0 Å². The molecule has 45 heavy (non-hydrogen) atoms. The van der Waals surface area contributed by atoms with Gasteiger partial charge in [0.1, 0.15) is 17.7 Å². The summed E-state index contributed by atoms with van der Waals surface area (Å²) in [6.07, 6.45) is 3.93. The van der Waals surface area contributed by atoms with Crippen LogP contribution in [0.25, 0.3) is 0 Å². The smallest absolute Gasteiger partial charge is 0.313 e. The number of unbranched alkanes of at least 4 members (excludes halogenated alkanes) is 1. The standard InChI is InChI=1S/C34H46BrN3O7/c1-6-8-16-25(40)36-22(5)28(23-14-10-9-11-15-23)44-33(43)26-27-31(41)38(18-12-13-19-39)30(32(42)37(17-7-2)21(3)4)34(27)20-24(35)29(26)45-34/h6-7,9-11,14-15,21-22,24,26-30,39H,1-2,8,12-13,16-20H2,3-5H3,(H,36,40)/t22-,24?,26-,27+,28-,29-,30-,34+/m0/s1. The number of hydrogen-bond donors (Lipinski definition) is 2. The molecule has 0 aromatic heterocycles. The summed E-state index contributed by atoms with van der Waals surface area (Å²) >= 11 is 3.71. The Morgan fingerprint density at radius 1 is 1.20 bits per heavy atom. The molecule has 4 rings (SSSR count). The van der Waals surface area contributed by atoms with Crippen LogP contribution in [0.1, 0.15) is 64.5 Å². The van der Waals surface area contributed by atoms with Crippen LogP contribution in [0.4, 0.5) is 0 Å². The highest BCUT2D eigenvalue weighted by molar-refractivity contribution is 9.09. The predicted octanol–water partition coefficient (Wildman–Crippen LogP) is 3.69. The number of aliphatic hydroxyl groups excluding tert-OH is 1. The highest BCUT2D eigenvalue weighted by Gasteiger charge is 2.77. The summed E-state index contributed by atoms with van der Waals surface area (Å²) in [6.45, 7) is 13.6. The fourth-order valence-electron chi connectivity index (χ4n) is 7.10. The Bertz CT molecular complexity index is 1260. The van der Waals surface area contributed by atoms with E-state index in [0.29, 0.717) is 37.8 Å². The zero-order chi connectivity index (χ0) is 32.9. The molecule has 2 bridgehead atoms. The number of halogens is 1. The predicted molar refractivity (Wildman–Crippen MR) is 173 cm³/mol. The lowest BCUT2D eigenvalue weighted by Crippen LogP contribution is -2.58. The molecule has 11 heteroatoms. The van der Waals surface area contributed by atoms with Gasteiger partial charge in [0.2, 0.25) is 17.7 Å². The van der Waals surface area contributed by atoms with Crippen LogP contribution in [0.3, 0.4) is 0 Å². The molecule has 0 aliphatic carbocycles. The first-order chi connectivity index (χ1) is 21.5. The maximum atomic E-state index is 14.3. The molecule has 1 aromatic rings. The SMILES string of the molecule is C=CCCC(=O)N[C@@H](C)[C@H](OC(=O)[C@@H]1[C@H]2O[C@@]3(CC2Br)[C@H](C(=O)N(CC=C)C(C)C)N(CCCCO)C(=O)[C@@H]13)c1ccccc1. The number of likely N-dealkylation sites (tertiary alicyclic amines) is 1. The van der Waals surface area contributed by atoms with Gasteiger partial charge in [-0.3, -0.25) is 19.2 Å². The van der Waals surface area contributed by atoms with Crippen molar-refractivity contribution in [1.29, 1.82) is 0 Å². The Balaban J connectivity index is 1.68. The molecule has 0 radical (unpaired) electrons. The molecule has 246 valence electrons. The van der Waals surface area contributed by atoms with Crippen molar-refractivity contribution in [3.8, 4) is 0 Å². The van der Waals surface area contributed by atoms with E-state index in [1.165, 1.54) is 0 Å². The number of aliphatic hydroxyl groups is 1. The number of alkyl halides is 1. The molecule has 3 heterocycles. The van der Waals surface area contributed by atoms with Gasteiger partial charge in [-0.15, -0.1) is 13.2 Å². The minimum absolute atomic E-state index is 0.0377. The molecule has 1 aromatic carbocycles. The van der Waals surface area contributed by atoms with E-state index in [-0.39, 0.29) is 48.2 Å². The number of ether oxygens (including phenoxy) is 2. The molecule has 1 unspecified atom stereocenters. The molecular formula is C34H46BrN3O7. The Labute approximate surface area is 274 Å². The Kier molecular flexibility index (Phi) is 11.7. The molecular weight excluding hydrogens is 642 g/mol. The summed E-state index contributed by atoms with van der Waals surface area (Å²) in [4.78, 5) is 58.3. The lowest BCUT2D eigenvalue weighted by atomic mass is 9.70. The minimum atomic E-state index is -1.23. The Morgan fingerprint density at radius 2 is 1.91 bits per heavy atom. The number of amides is 3. The average molecular weight is 689 g/mol. The number of nitrogens with one attached hydrogen (secondary N) is 1. The summed E-state index contributed by atoms with van der Waals surface area (Å²) in [7, 11) is 0. The first kappa shape index (κ1) is 34.8. The molecule has 8 atom stereocenters. The largest absolute Gasteiger partial charge is 0.455 e. The number of benzene rings is 1. The van der Waals surface area contributed by atoms with Crippen molar-refractivity contribution in [2.45, 2.75) is 93.6 Å². The number of fused-ring (bicyclic) bond motifs is 1. The average Bonchev–Trinajstić information content (AvgIpc) is 3.60. The van der Waals surface area contributed by atoms with Gasteiger partial charge in [-0.2, -0.15) is 0 Å². The zero-order valence-corrected chi connectivity index (χ0v) is 28.0. The van der Waals surface area contributed by atoms with E-state index >= 15 is 0 Å². The molecule has 3 amide bonds. The molecule has 3 aliphatic rings. The molecule has 1 spiro atoms. The highest BCUT2D eigenvalue weighted by atomic mass is 79.9. The summed E-state index contributed by atoms with van der Waals surface area (Å²) in [6, 6.07) is 7.51. The molecule has 10 nitrogen and oxygen atoms in total. The number of esters is 1. The third-order valence-electron chi connectivity index (χ3n) is 9.12. The van der Waals surface area contributed by atoms with Gasteiger partial charge in [0.25, 0.3) is 0 Å². The van der Waals surface area contributed by atoms with Crippen molar-refractivity contribution in [3.63, 3.8) is 0 Å². The molecule has 0 saturated carbocycles. The van der Waals surface area contributed by atoms with Crippen LogP contribution in [0.5, 0.6) is 0 Å². The van der Waals surface area contributed by atoms with Crippen LogP contribution in [-0.2, 0) is 28.7 Å². The first-order valence-corrected chi connectivity index (χ1v) is 16.7. The van der Waals surface area contributed by atoms with Gasteiger partial charge in [0.15, 0.2) is 0 Å². The summed E-state index contributed by atoms with van der Waals surface area (Å²) in [5.74, 6) is -3.26. The van der Waals surface area contributed by atoms with E-state index in [9.17, 15) is 24.3 Å². The topological polar surface area (TPSA) is 125 Å². The molecule has 3 saturated heterocycles. The lowest BCUT2D eigenvalue weighted by molar-refractivity contribution is -0.162. The second-order valence-electron chi connectivity index (χ2n) is 12.5. The van der Waals surface area contributed by atoms with Crippen molar-refractivity contribution in [3.05, 3.63) is 61.2 Å². The van der Waals surface area contributed by atoms with E-state index in [1.54, 1.807) is 28.9 Å². The van der Waals surface area contributed by atoms with Gasteiger partial charge in [-0.05, 0) is 52.0 Å². The van der Waals surface area contributed by atoms with Gasteiger partial charge in [-0.25, -0.2) is 0 Å². The maximum absolute atomic E-state index is 14.3. The third-order valence-corrected chi connectivity index (χ3v) is 9.97. The number of nitrogens with zero attached hydrogens (tertiary/aromatic N) is 2. The second-order valence-corrected chi connectivity index (χ2v) is 13.6. The first-order valence-electron chi connectivity index (χ1n) is 15.8. The van der Waals surface area contributed by atoms with Crippen LogP contribution in [0.15, 0.2) is 55.6 Å². The minimum Gasteiger partial charge on any atom is -0.455 e. The zero-order valence-electron chi connectivity index (χ0n) is 26.4. The van der Waals surface area contributed by atoms with E-state index in [1.807, 2.05) is 44.2 Å². The van der Waals surface area contributed by atoms with E-state index in [0.717, 1.165) is 0 Å². The Hall–Kier alpha value is -3.02. The molecule has 3 fully saturated rings. The normalized spacial score (nSPS) is 28.0. The van der Waals surface area contributed by atoms with Crippen LogP contribution in [0.2, 0.25) is 0 Å². The summed E-state index contributed by atoms with van der Waals surface area (Å²) in [5, 5.41) is 12.4. The Morgan fingerprint density at radius 3 is 2.53 bits per heavy atom. The van der Waals surface area contributed by atoms with E-state index < -0.39 is 47.7 Å².